The molecule has 0 aromatic heterocycles. The quantitative estimate of drug-likeness (QED) is 0.0703. The zero-order valence-corrected chi connectivity index (χ0v) is 28.7. The van der Waals surface area contributed by atoms with Crippen molar-refractivity contribution in [3.05, 3.63) is 29.8 Å². The van der Waals surface area contributed by atoms with Crippen LogP contribution in [0.2, 0.25) is 0 Å². The third-order valence-corrected chi connectivity index (χ3v) is 8.96. The second-order valence-electron chi connectivity index (χ2n) is 13.5. The van der Waals surface area contributed by atoms with Gasteiger partial charge in [0, 0.05) is 13.2 Å². The molecule has 0 radical (unpaired) electrons. The van der Waals surface area contributed by atoms with E-state index in [1.807, 2.05) is 6.92 Å². The number of ether oxygens (including phenoxy) is 2. The van der Waals surface area contributed by atoms with Crippen LogP contribution in [0.25, 0.3) is 0 Å². The van der Waals surface area contributed by atoms with Gasteiger partial charge < -0.3 is 18.5 Å². The summed E-state index contributed by atoms with van der Waals surface area (Å²) in [7, 11) is 2.55. The first-order valence-corrected chi connectivity index (χ1v) is 18.4. The van der Waals surface area contributed by atoms with Crippen LogP contribution < -0.4 is 0 Å². The van der Waals surface area contributed by atoms with E-state index in [9.17, 15) is 13.0 Å². The van der Waals surface area contributed by atoms with Gasteiger partial charge in [-0.15, -0.1) is 0 Å². The molecule has 1 heterocycles. The molecule has 0 bridgehead atoms. The van der Waals surface area contributed by atoms with Crippen LogP contribution in [0.4, 0.5) is 0 Å². The highest BCUT2D eigenvalue weighted by Crippen LogP contribution is 2.25. The minimum absolute atomic E-state index is 0.178. The second-order valence-corrected chi connectivity index (χ2v) is 14.9. The van der Waals surface area contributed by atoms with E-state index in [1.54, 1.807) is 12.1 Å². The molecular weight excluding hydrogens is 546 g/mol. The molecule has 2 rings (SSSR count). The predicted molar refractivity (Wildman–Crippen MR) is 175 cm³/mol. The highest BCUT2D eigenvalue weighted by Gasteiger charge is 2.25. The lowest BCUT2D eigenvalue weighted by molar-refractivity contribution is -0.870. The van der Waals surface area contributed by atoms with E-state index in [1.165, 1.54) is 134 Å². The fraction of sp³-hybridized carbons (Fsp3) is 0.829. The Bertz CT molecular complexity index is 866. The smallest absolute Gasteiger partial charge is 0.124 e. The van der Waals surface area contributed by atoms with Crippen LogP contribution >= 0.6 is 0 Å². The summed E-state index contributed by atoms with van der Waals surface area (Å²) in [6.07, 6.45) is 25.3. The van der Waals surface area contributed by atoms with E-state index >= 15 is 0 Å². The van der Waals surface area contributed by atoms with Crippen molar-refractivity contribution in [3.8, 4) is 0 Å². The van der Waals surface area contributed by atoms with E-state index in [0.29, 0.717) is 6.10 Å². The summed E-state index contributed by atoms with van der Waals surface area (Å²) >= 11 is 0. The van der Waals surface area contributed by atoms with E-state index in [0.717, 1.165) is 35.8 Å². The summed E-state index contributed by atoms with van der Waals surface area (Å²) in [5.41, 5.74) is 0.928. The van der Waals surface area contributed by atoms with Gasteiger partial charge in [0.05, 0.1) is 45.3 Å². The first-order valence-electron chi connectivity index (χ1n) is 17.0. The molecule has 1 aromatic carbocycles. The number of unbranched alkanes of at least 4 members (excludes halogenated alkanes) is 14. The first kappa shape index (κ1) is 39.0. The number of nitrogens with zero attached hydrogens (tertiary/aromatic N) is 1. The number of benzene rings is 1. The molecule has 1 aliphatic heterocycles. The lowest BCUT2D eigenvalue weighted by Crippen LogP contribution is -2.35. The van der Waals surface area contributed by atoms with Crippen molar-refractivity contribution >= 4 is 10.1 Å². The molecular formula is C35H65NO5S. The Hall–Kier alpha value is -0.990. The van der Waals surface area contributed by atoms with Crippen LogP contribution in [0.1, 0.15) is 128 Å². The Morgan fingerprint density at radius 2 is 1.33 bits per heavy atom. The van der Waals surface area contributed by atoms with Crippen LogP contribution in [0.5, 0.6) is 0 Å². The maximum atomic E-state index is 10.4. The topological polar surface area (TPSA) is 75.7 Å². The van der Waals surface area contributed by atoms with Crippen molar-refractivity contribution < 1.29 is 26.9 Å². The van der Waals surface area contributed by atoms with Gasteiger partial charge in [-0.05, 0) is 57.1 Å². The van der Waals surface area contributed by atoms with Crippen LogP contribution in [0.3, 0.4) is 0 Å². The molecule has 2 unspecified atom stereocenters. The molecule has 0 saturated carbocycles. The summed E-state index contributed by atoms with van der Waals surface area (Å²) in [5, 5.41) is 0. The molecule has 7 heteroatoms. The Kier molecular flexibility index (Phi) is 21.7. The lowest BCUT2D eigenvalue weighted by atomic mass is 9.97. The third-order valence-electron chi connectivity index (χ3n) is 8.11. The van der Waals surface area contributed by atoms with Crippen molar-refractivity contribution in [1.82, 2.24) is 0 Å². The summed E-state index contributed by atoms with van der Waals surface area (Å²) in [4.78, 5) is -0.178. The first-order chi connectivity index (χ1) is 20.0. The van der Waals surface area contributed by atoms with Gasteiger partial charge in [-0.2, -0.15) is 0 Å². The zero-order valence-electron chi connectivity index (χ0n) is 27.9. The Morgan fingerprint density at radius 3 is 1.88 bits per heavy atom. The molecule has 1 aliphatic rings. The molecule has 42 heavy (non-hydrogen) atoms. The average Bonchev–Trinajstić information content (AvgIpc) is 3.38. The second kappa shape index (κ2) is 23.4. The van der Waals surface area contributed by atoms with Gasteiger partial charge in [-0.1, -0.05) is 108 Å². The van der Waals surface area contributed by atoms with Crippen molar-refractivity contribution in [2.45, 2.75) is 140 Å². The van der Waals surface area contributed by atoms with Crippen LogP contribution in [-0.4, -0.2) is 71.1 Å². The lowest BCUT2D eigenvalue weighted by Gasteiger charge is -2.23. The Labute approximate surface area is 260 Å². The SMILES string of the molecule is CCCCCCCCCCCCCCC1COC(COCCCCCC[N+](C)(C)C)C1.Cc1ccc(S(=O)(=O)[O-])cc1. The van der Waals surface area contributed by atoms with Gasteiger partial charge >= 0.3 is 0 Å². The Balaban J connectivity index is 0.000000666. The number of aryl methyl sites for hydroxylation is 1. The summed E-state index contributed by atoms with van der Waals surface area (Å²) in [6.45, 7) is 8.08. The number of rotatable bonds is 23. The fourth-order valence-electron chi connectivity index (χ4n) is 5.43. The average molecular weight is 612 g/mol. The van der Waals surface area contributed by atoms with Gasteiger partial charge in [0.1, 0.15) is 10.1 Å². The minimum atomic E-state index is -4.27. The molecule has 1 fully saturated rings. The third kappa shape index (κ3) is 22.5. The van der Waals surface area contributed by atoms with Gasteiger partial charge in [0.15, 0.2) is 0 Å². The zero-order chi connectivity index (χ0) is 31.1. The molecule has 0 aliphatic carbocycles. The summed E-state index contributed by atoms with van der Waals surface area (Å²) in [5.74, 6) is 0.784. The van der Waals surface area contributed by atoms with Gasteiger partial charge in [0.25, 0.3) is 0 Å². The number of hydrogen-bond acceptors (Lipinski definition) is 5. The molecule has 2 atom stereocenters. The molecule has 246 valence electrons. The maximum absolute atomic E-state index is 10.4. The van der Waals surface area contributed by atoms with Crippen molar-refractivity contribution in [1.29, 1.82) is 0 Å². The molecule has 6 nitrogen and oxygen atoms in total. The van der Waals surface area contributed by atoms with Crippen LogP contribution in [0.15, 0.2) is 29.2 Å². The van der Waals surface area contributed by atoms with E-state index < -0.39 is 10.1 Å². The number of quaternary nitrogens is 1. The summed E-state index contributed by atoms with van der Waals surface area (Å²) < 4.78 is 44.1. The van der Waals surface area contributed by atoms with Gasteiger partial charge in [0.2, 0.25) is 0 Å². The number of hydrogen-bond donors (Lipinski definition) is 0. The minimum Gasteiger partial charge on any atom is -0.744 e. The highest BCUT2D eigenvalue weighted by molar-refractivity contribution is 7.85. The molecule has 1 aromatic rings. The fourth-order valence-corrected chi connectivity index (χ4v) is 5.90. The molecule has 0 spiro atoms. The van der Waals surface area contributed by atoms with Gasteiger partial charge in [-0.3, -0.25) is 0 Å². The van der Waals surface area contributed by atoms with Crippen LogP contribution in [-0.2, 0) is 19.6 Å². The monoisotopic (exact) mass is 611 g/mol. The van der Waals surface area contributed by atoms with Crippen molar-refractivity contribution in [2.75, 3.05) is 47.5 Å². The normalized spacial score (nSPS) is 17.3. The summed E-state index contributed by atoms with van der Waals surface area (Å²) in [6, 6.07) is 5.78. The van der Waals surface area contributed by atoms with Crippen LogP contribution in [0, 0.1) is 12.8 Å². The molecule has 1 saturated heterocycles. The van der Waals surface area contributed by atoms with E-state index in [-0.39, 0.29) is 4.90 Å². The predicted octanol–water partition coefficient (Wildman–Crippen LogP) is 8.67. The van der Waals surface area contributed by atoms with Crippen molar-refractivity contribution in [3.63, 3.8) is 0 Å². The van der Waals surface area contributed by atoms with Crippen molar-refractivity contribution in [2.24, 2.45) is 5.92 Å². The molecule has 0 amide bonds. The largest absolute Gasteiger partial charge is 0.744 e. The highest BCUT2D eigenvalue weighted by atomic mass is 32.2. The molecule has 0 N–H and O–H groups in total. The maximum Gasteiger partial charge on any atom is 0.124 e. The van der Waals surface area contributed by atoms with E-state index in [2.05, 4.69) is 28.1 Å². The van der Waals surface area contributed by atoms with E-state index in [4.69, 9.17) is 9.47 Å². The standard InChI is InChI=1S/C28H58NO2.C7H8O3S/c1-5-6-7-8-9-10-11-12-13-14-15-18-21-27-24-28(31-25-27)26-30-23-20-17-16-19-22-29(2,3)4;1-6-2-4-7(5-3-6)11(8,9)10/h27-28H,5-26H2,1-4H3;2-5H,1H3,(H,8,9,10)/q+1;/p-1. The Morgan fingerprint density at radius 1 is 0.810 bits per heavy atom. The van der Waals surface area contributed by atoms with Gasteiger partial charge in [-0.25, -0.2) is 8.42 Å².